The molecule has 0 spiro atoms. The van der Waals surface area contributed by atoms with Crippen molar-refractivity contribution in [3.63, 3.8) is 0 Å². The molecule has 1 N–H and O–H groups in total. The third-order valence-corrected chi connectivity index (χ3v) is 3.72. The van der Waals surface area contributed by atoms with Gasteiger partial charge in [0, 0.05) is 26.4 Å². The summed E-state index contributed by atoms with van der Waals surface area (Å²) in [6.07, 6.45) is 0.504. The number of rotatable bonds is 8. The van der Waals surface area contributed by atoms with Crippen LogP contribution in [0.1, 0.15) is 23.7 Å². The summed E-state index contributed by atoms with van der Waals surface area (Å²) in [6, 6.07) is 17.1. The normalized spacial score (nSPS) is 11.5. The number of carbonyl (C=O) groups excluding carboxylic acids is 1. The van der Waals surface area contributed by atoms with Crippen LogP contribution in [-0.2, 0) is 11.2 Å². The van der Waals surface area contributed by atoms with Crippen LogP contribution in [0, 0.1) is 0 Å². The lowest BCUT2D eigenvalue weighted by atomic mass is 10.1. The molecule has 0 aliphatic rings. The molecule has 0 aliphatic carbocycles. The first-order valence-electron chi connectivity index (χ1n) is 7.78. The van der Waals surface area contributed by atoms with Gasteiger partial charge in [0.15, 0.2) is 0 Å². The van der Waals surface area contributed by atoms with Gasteiger partial charge in [-0.25, -0.2) is 4.79 Å². The third-order valence-electron chi connectivity index (χ3n) is 3.72. The zero-order valence-corrected chi connectivity index (χ0v) is 13.6. The fourth-order valence-electron chi connectivity index (χ4n) is 2.37. The van der Waals surface area contributed by atoms with Gasteiger partial charge in [-0.05, 0) is 23.3 Å². The third kappa shape index (κ3) is 5.12. The van der Waals surface area contributed by atoms with Gasteiger partial charge >= 0.3 is 6.09 Å². The Hall–Kier alpha value is -2.82. The number of benzene rings is 2. The van der Waals surface area contributed by atoms with Crippen LogP contribution in [0.4, 0.5) is 4.79 Å². The fourth-order valence-corrected chi connectivity index (χ4v) is 2.37. The highest BCUT2D eigenvalue weighted by atomic mass is 16.5. The molecule has 0 heterocycles. The highest BCUT2D eigenvalue weighted by molar-refractivity contribution is 5.64. The molecule has 126 valence electrons. The van der Waals surface area contributed by atoms with Crippen molar-refractivity contribution in [3.05, 3.63) is 65.7 Å². The van der Waals surface area contributed by atoms with Crippen molar-refractivity contribution in [2.75, 3.05) is 13.6 Å². The number of ether oxygens (including phenoxy) is 1. The molecule has 0 saturated heterocycles. The minimum Gasteiger partial charge on any atom is -0.486 e. The zero-order chi connectivity index (χ0) is 17.4. The van der Waals surface area contributed by atoms with E-state index in [1.807, 2.05) is 54.6 Å². The molecule has 1 amide bonds. The van der Waals surface area contributed by atoms with Crippen LogP contribution < -0.4 is 4.74 Å². The van der Waals surface area contributed by atoms with Crippen LogP contribution >= 0.6 is 0 Å². The Bertz CT molecular complexity index is 672. The number of amides is 1. The molecule has 1 unspecified atom stereocenters. The maximum absolute atomic E-state index is 11.0. The lowest BCUT2D eigenvalue weighted by Gasteiger charge is -2.22. The Morgan fingerprint density at radius 1 is 1.21 bits per heavy atom. The van der Waals surface area contributed by atoms with Crippen LogP contribution in [0.25, 0.3) is 0 Å². The van der Waals surface area contributed by atoms with Gasteiger partial charge in [0.25, 0.3) is 0 Å². The SMILES string of the molecule is CN(CCC(Oc1cccc(CC=O)c1)c1ccccc1)C(=O)O. The van der Waals surface area contributed by atoms with Gasteiger partial charge < -0.3 is 19.5 Å². The summed E-state index contributed by atoms with van der Waals surface area (Å²) in [5.41, 5.74) is 1.87. The van der Waals surface area contributed by atoms with E-state index in [-0.39, 0.29) is 6.10 Å². The number of hydrogen-bond donors (Lipinski definition) is 1. The van der Waals surface area contributed by atoms with Gasteiger partial charge in [0.2, 0.25) is 0 Å². The molecule has 0 saturated carbocycles. The minimum absolute atomic E-state index is 0.264. The summed E-state index contributed by atoms with van der Waals surface area (Å²) in [5, 5.41) is 9.00. The number of carbonyl (C=O) groups is 2. The first-order valence-corrected chi connectivity index (χ1v) is 7.78. The quantitative estimate of drug-likeness (QED) is 0.753. The summed E-state index contributed by atoms with van der Waals surface area (Å²) in [7, 11) is 1.54. The van der Waals surface area contributed by atoms with Gasteiger partial charge in [-0.3, -0.25) is 0 Å². The van der Waals surface area contributed by atoms with Gasteiger partial charge in [-0.15, -0.1) is 0 Å². The van der Waals surface area contributed by atoms with Crippen molar-refractivity contribution in [2.45, 2.75) is 18.9 Å². The highest BCUT2D eigenvalue weighted by Gasteiger charge is 2.16. The van der Waals surface area contributed by atoms with Gasteiger partial charge in [-0.1, -0.05) is 42.5 Å². The number of aldehydes is 1. The predicted octanol–water partition coefficient (Wildman–Crippen LogP) is 3.55. The van der Waals surface area contributed by atoms with Gasteiger partial charge in [0.05, 0.1) is 0 Å². The van der Waals surface area contributed by atoms with Gasteiger partial charge in [0.1, 0.15) is 18.1 Å². The number of carboxylic acid groups (broad SMARTS) is 1. The average molecular weight is 327 g/mol. The Kier molecular flexibility index (Phi) is 6.37. The van der Waals surface area contributed by atoms with E-state index in [1.165, 1.54) is 11.9 Å². The first kappa shape index (κ1) is 17.5. The Balaban J connectivity index is 2.15. The van der Waals surface area contributed by atoms with E-state index >= 15 is 0 Å². The summed E-state index contributed by atoms with van der Waals surface area (Å²) >= 11 is 0. The first-order chi connectivity index (χ1) is 11.6. The summed E-state index contributed by atoms with van der Waals surface area (Å²) in [4.78, 5) is 22.9. The van der Waals surface area contributed by atoms with Crippen molar-refractivity contribution in [1.29, 1.82) is 0 Å². The molecule has 1 atom stereocenters. The van der Waals surface area contributed by atoms with E-state index in [0.29, 0.717) is 25.1 Å². The molecule has 2 aromatic carbocycles. The maximum atomic E-state index is 11.0. The highest BCUT2D eigenvalue weighted by Crippen LogP contribution is 2.25. The van der Waals surface area contributed by atoms with Crippen LogP contribution in [0.2, 0.25) is 0 Å². The minimum atomic E-state index is -0.963. The Morgan fingerprint density at radius 3 is 2.62 bits per heavy atom. The van der Waals surface area contributed by atoms with E-state index in [4.69, 9.17) is 9.84 Å². The second-order valence-electron chi connectivity index (χ2n) is 5.53. The van der Waals surface area contributed by atoms with Crippen molar-refractivity contribution < 1.29 is 19.4 Å². The molecule has 0 radical (unpaired) electrons. The molecule has 0 bridgehead atoms. The van der Waals surface area contributed by atoms with Crippen molar-refractivity contribution >= 4 is 12.4 Å². The van der Waals surface area contributed by atoms with Crippen LogP contribution in [0.3, 0.4) is 0 Å². The standard InChI is InChI=1S/C19H21NO4/c1-20(19(22)23)12-10-18(16-7-3-2-4-8-16)24-17-9-5-6-15(14-17)11-13-21/h2-9,13-14,18H,10-12H2,1H3,(H,22,23). The van der Waals surface area contributed by atoms with E-state index in [0.717, 1.165) is 17.4 Å². The summed E-state index contributed by atoms with van der Waals surface area (Å²) < 4.78 is 6.08. The van der Waals surface area contributed by atoms with Crippen LogP contribution in [0.15, 0.2) is 54.6 Å². The van der Waals surface area contributed by atoms with Crippen molar-refractivity contribution in [3.8, 4) is 5.75 Å². The molecule has 2 rings (SSSR count). The number of hydrogen-bond acceptors (Lipinski definition) is 3. The van der Waals surface area contributed by atoms with Crippen molar-refractivity contribution in [2.24, 2.45) is 0 Å². The van der Waals surface area contributed by atoms with E-state index in [2.05, 4.69) is 0 Å². The van der Waals surface area contributed by atoms with Gasteiger partial charge in [-0.2, -0.15) is 0 Å². The monoisotopic (exact) mass is 327 g/mol. The lowest BCUT2D eigenvalue weighted by molar-refractivity contribution is -0.107. The average Bonchev–Trinajstić information content (AvgIpc) is 2.59. The summed E-state index contributed by atoms with van der Waals surface area (Å²) in [5.74, 6) is 0.668. The molecule has 0 aliphatic heterocycles. The molecule has 0 aromatic heterocycles. The topological polar surface area (TPSA) is 66.8 Å². The van der Waals surface area contributed by atoms with Crippen molar-refractivity contribution in [1.82, 2.24) is 4.90 Å². The maximum Gasteiger partial charge on any atom is 0.407 e. The fraction of sp³-hybridized carbons (Fsp3) is 0.263. The molecule has 5 nitrogen and oxygen atoms in total. The summed E-state index contributed by atoms with van der Waals surface area (Å²) in [6.45, 7) is 0.364. The smallest absolute Gasteiger partial charge is 0.407 e. The molecular weight excluding hydrogens is 306 g/mol. The molecule has 5 heteroatoms. The molecule has 0 fully saturated rings. The van der Waals surface area contributed by atoms with E-state index in [9.17, 15) is 9.59 Å². The molecule has 24 heavy (non-hydrogen) atoms. The molecular formula is C19H21NO4. The predicted molar refractivity (Wildman–Crippen MR) is 91.3 cm³/mol. The van der Waals surface area contributed by atoms with E-state index in [1.54, 1.807) is 0 Å². The molecule has 2 aromatic rings. The number of nitrogens with zero attached hydrogens (tertiary/aromatic N) is 1. The van der Waals surface area contributed by atoms with Crippen LogP contribution in [0.5, 0.6) is 5.75 Å². The Morgan fingerprint density at radius 2 is 1.96 bits per heavy atom. The lowest BCUT2D eigenvalue weighted by Crippen LogP contribution is -2.27. The largest absolute Gasteiger partial charge is 0.486 e. The van der Waals surface area contributed by atoms with Crippen LogP contribution in [-0.4, -0.2) is 36.0 Å². The Labute approximate surface area is 141 Å². The zero-order valence-electron chi connectivity index (χ0n) is 13.6. The van der Waals surface area contributed by atoms with E-state index < -0.39 is 6.09 Å². The second-order valence-corrected chi connectivity index (χ2v) is 5.53. The second kappa shape index (κ2) is 8.72.